The molecule has 0 aromatic heterocycles. The van der Waals surface area contributed by atoms with Crippen LogP contribution < -0.4 is 5.32 Å². The monoisotopic (exact) mass is 345 g/mol. The molecule has 0 bridgehead atoms. The van der Waals surface area contributed by atoms with Crippen LogP contribution in [0, 0.1) is 0 Å². The van der Waals surface area contributed by atoms with E-state index in [1.54, 1.807) is 6.07 Å². The van der Waals surface area contributed by atoms with E-state index in [1.165, 1.54) is 0 Å². The Hall–Kier alpha value is -2.33. The summed E-state index contributed by atoms with van der Waals surface area (Å²) in [5, 5.41) is 3.42. The molecule has 0 radical (unpaired) electrons. The molecule has 0 spiro atoms. The molecule has 1 unspecified atom stereocenters. The average molecular weight is 346 g/mol. The highest BCUT2D eigenvalue weighted by molar-refractivity contribution is 6.31. The van der Waals surface area contributed by atoms with Gasteiger partial charge in [-0.25, -0.2) is 0 Å². The van der Waals surface area contributed by atoms with Gasteiger partial charge in [-0.1, -0.05) is 60.1 Å². The van der Waals surface area contributed by atoms with E-state index in [0.717, 1.165) is 11.1 Å². The highest BCUT2D eigenvalue weighted by atomic mass is 35.5. The molecule has 5 heteroatoms. The number of hydrogen-bond acceptors (Lipinski definition) is 3. The second-order valence-corrected chi connectivity index (χ2v) is 5.86. The van der Waals surface area contributed by atoms with Gasteiger partial charge in [0.2, 0.25) is 0 Å². The van der Waals surface area contributed by atoms with E-state index in [-0.39, 0.29) is 25.0 Å². The third kappa shape index (κ3) is 5.70. The average Bonchev–Trinajstić information content (AvgIpc) is 2.60. The maximum atomic E-state index is 11.9. The van der Waals surface area contributed by atoms with Crippen LogP contribution in [-0.2, 0) is 20.7 Å². The van der Waals surface area contributed by atoms with Gasteiger partial charge in [0, 0.05) is 11.4 Å². The summed E-state index contributed by atoms with van der Waals surface area (Å²) in [5.74, 6) is -0.741. The minimum Gasteiger partial charge on any atom is -0.456 e. The second kappa shape index (κ2) is 9.08. The molecule has 2 rings (SSSR count). The van der Waals surface area contributed by atoms with E-state index in [9.17, 15) is 9.59 Å². The molecule has 2 aromatic rings. The van der Waals surface area contributed by atoms with Crippen molar-refractivity contribution in [3.05, 3.63) is 70.7 Å². The van der Waals surface area contributed by atoms with Crippen molar-refractivity contribution in [3.63, 3.8) is 0 Å². The minimum atomic E-state index is -0.419. The first-order valence-corrected chi connectivity index (χ1v) is 8.17. The zero-order chi connectivity index (χ0) is 17.4. The normalized spacial score (nSPS) is 11.6. The molecule has 4 nitrogen and oxygen atoms in total. The van der Waals surface area contributed by atoms with Crippen LogP contribution in [0.25, 0.3) is 0 Å². The zero-order valence-electron chi connectivity index (χ0n) is 13.5. The molecule has 1 atom stereocenters. The number of rotatable bonds is 7. The molecule has 24 heavy (non-hydrogen) atoms. The van der Waals surface area contributed by atoms with Crippen LogP contribution in [0.5, 0.6) is 0 Å². The lowest BCUT2D eigenvalue weighted by atomic mass is 10.1. The predicted molar refractivity (Wildman–Crippen MR) is 93.7 cm³/mol. The Morgan fingerprint density at radius 1 is 1.08 bits per heavy atom. The summed E-state index contributed by atoms with van der Waals surface area (Å²) in [4.78, 5) is 23.6. The third-order valence-electron chi connectivity index (χ3n) is 3.60. The second-order valence-electron chi connectivity index (χ2n) is 5.45. The highest BCUT2D eigenvalue weighted by Gasteiger charge is 2.12. The van der Waals surface area contributed by atoms with E-state index in [0.29, 0.717) is 11.4 Å². The van der Waals surface area contributed by atoms with Gasteiger partial charge >= 0.3 is 5.97 Å². The van der Waals surface area contributed by atoms with Crippen LogP contribution in [0.15, 0.2) is 54.6 Å². The van der Waals surface area contributed by atoms with Gasteiger partial charge in [0.05, 0.1) is 6.04 Å². The Morgan fingerprint density at radius 2 is 1.75 bits per heavy atom. The summed E-state index contributed by atoms with van der Waals surface area (Å²) in [7, 11) is 0. The molecule has 1 amide bonds. The van der Waals surface area contributed by atoms with Crippen molar-refractivity contribution in [2.24, 2.45) is 0 Å². The summed E-state index contributed by atoms with van der Waals surface area (Å²) < 4.78 is 5.01. The number of nitrogens with one attached hydrogen (secondary N) is 1. The molecule has 1 N–H and O–H groups in total. The molecule has 0 saturated heterocycles. The Bertz CT molecular complexity index is 688. The summed E-state index contributed by atoms with van der Waals surface area (Å²) >= 11 is 6.03. The summed E-state index contributed by atoms with van der Waals surface area (Å²) in [6.45, 7) is 1.60. The standard InChI is InChI=1S/C19H20ClNO3/c1-14(15-7-3-2-4-8-15)21-18(22)13-24-19(23)12-11-16-9-5-6-10-17(16)20/h2-10,14H,11-13H2,1H3,(H,21,22). The molecule has 0 aliphatic heterocycles. The van der Waals surface area contributed by atoms with Crippen LogP contribution in [0.4, 0.5) is 0 Å². The molecule has 126 valence electrons. The van der Waals surface area contributed by atoms with Crippen molar-refractivity contribution in [1.82, 2.24) is 5.32 Å². The largest absolute Gasteiger partial charge is 0.456 e. The molecule has 0 heterocycles. The van der Waals surface area contributed by atoms with Crippen LogP contribution >= 0.6 is 11.6 Å². The molecular formula is C19H20ClNO3. The summed E-state index contributed by atoms with van der Waals surface area (Å²) in [5.41, 5.74) is 1.88. The molecular weight excluding hydrogens is 326 g/mol. The van der Waals surface area contributed by atoms with Crippen LogP contribution in [0.2, 0.25) is 5.02 Å². The molecule has 0 saturated carbocycles. The van der Waals surface area contributed by atoms with Gasteiger partial charge in [0.25, 0.3) is 5.91 Å². The number of benzene rings is 2. The number of halogens is 1. The highest BCUT2D eigenvalue weighted by Crippen LogP contribution is 2.16. The number of carbonyl (C=O) groups is 2. The first-order chi connectivity index (χ1) is 11.6. The predicted octanol–water partition coefficient (Wildman–Crippen LogP) is 3.69. The lowest BCUT2D eigenvalue weighted by Crippen LogP contribution is -2.31. The van der Waals surface area contributed by atoms with Crippen molar-refractivity contribution in [1.29, 1.82) is 0 Å². The smallest absolute Gasteiger partial charge is 0.306 e. The van der Waals surface area contributed by atoms with Crippen LogP contribution in [0.3, 0.4) is 0 Å². The SMILES string of the molecule is CC(NC(=O)COC(=O)CCc1ccccc1Cl)c1ccccc1. The lowest BCUT2D eigenvalue weighted by Gasteiger charge is -2.14. The Morgan fingerprint density at radius 3 is 2.46 bits per heavy atom. The maximum absolute atomic E-state index is 11.9. The fourth-order valence-electron chi connectivity index (χ4n) is 2.26. The van der Waals surface area contributed by atoms with Crippen molar-refractivity contribution in [3.8, 4) is 0 Å². The van der Waals surface area contributed by atoms with Crippen molar-refractivity contribution in [2.45, 2.75) is 25.8 Å². The van der Waals surface area contributed by atoms with Gasteiger partial charge in [0.15, 0.2) is 6.61 Å². The minimum absolute atomic E-state index is 0.138. The number of ether oxygens (including phenoxy) is 1. The van der Waals surface area contributed by atoms with Crippen LogP contribution in [0.1, 0.15) is 30.5 Å². The van der Waals surface area contributed by atoms with Crippen LogP contribution in [-0.4, -0.2) is 18.5 Å². The molecule has 0 fully saturated rings. The van der Waals surface area contributed by atoms with Crippen molar-refractivity contribution in [2.75, 3.05) is 6.61 Å². The number of carbonyl (C=O) groups excluding carboxylic acids is 2. The number of hydrogen-bond donors (Lipinski definition) is 1. The van der Waals surface area contributed by atoms with Gasteiger partial charge in [-0.15, -0.1) is 0 Å². The number of esters is 1. The fourth-order valence-corrected chi connectivity index (χ4v) is 2.49. The van der Waals surface area contributed by atoms with Gasteiger partial charge in [0.1, 0.15) is 0 Å². The van der Waals surface area contributed by atoms with Crippen molar-refractivity contribution < 1.29 is 14.3 Å². The topological polar surface area (TPSA) is 55.4 Å². The maximum Gasteiger partial charge on any atom is 0.306 e. The quantitative estimate of drug-likeness (QED) is 0.778. The van der Waals surface area contributed by atoms with E-state index < -0.39 is 5.97 Å². The number of amides is 1. The van der Waals surface area contributed by atoms with Gasteiger partial charge < -0.3 is 10.1 Å². The lowest BCUT2D eigenvalue weighted by molar-refractivity contribution is -0.148. The molecule has 2 aromatic carbocycles. The molecule has 0 aliphatic rings. The third-order valence-corrected chi connectivity index (χ3v) is 3.97. The Balaban J connectivity index is 1.71. The zero-order valence-corrected chi connectivity index (χ0v) is 14.3. The Labute approximate surface area is 146 Å². The molecule has 0 aliphatic carbocycles. The first-order valence-electron chi connectivity index (χ1n) is 7.79. The van der Waals surface area contributed by atoms with E-state index in [4.69, 9.17) is 16.3 Å². The van der Waals surface area contributed by atoms with E-state index >= 15 is 0 Å². The van der Waals surface area contributed by atoms with Gasteiger partial charge in [-0.05, 0) is 30.5 Å². The van der Waals surface area contributed by atoms with E-state index in [1.807, 2.05) is 55.5 Å². The van der Waals surface area contributed by atoms with Gasteiger partial charge in [-0.2, -0.15) is 0 Å². The number of aryl methyl sites for hydroxylation is 1. The van der Waals surface area contributed by atoms with E-state index in [2.05, 4.69) is 5.32 Å². The Kier molecular flexibility index (Phi) is 6.82. The van der Waals surface area contributed by atoms with Gasteiger partial charge in [-0.3, -0.25) is 9.59 Å². The fraction of sp³-hybridized carbons (Fsp3) is 0.263. The van der Waals surface area contributed by atoms with Crippen molar-refractivity contribution >= 4 is 23.5 Å². The summed E-state index contributed by atoms with van der Waals surface area (Å²) in [6, 6.07) is 16.8. The first kappa shape index (κ1) is 18.0. The summed E-state index contributed by atoms with van der Waals surface area (Å²) in [6.07, 6.45) is 0.672.